The molecule has 0 aromatic heterocycles. The van der Waals surface area contributed by atoms with Gasteiger partial charge in [-0.2, -0.15) is 0 Å². The van der Waals surface area contributed by atoms with Gasteiger partial charge in [0, 0.05) is 19.3 Å². The smallest absolute Gasteiger partial charge is 0.335 e. The third kappa shape index (κ3) is 40.2. The zero-order valence-electron chi connectivity index (χ0n) is 46.9. The highest BCUT2D eigenvalue weighted by Crippen LogP contribution is 2.27. The van der Waals surface area contributed by atoms with E-state index < -0.39 is 67.3 Å². The maximum Gasteiger partial charge on any atom is 0.335 e. The van der Waals surface area contributed by atoms with Crippen LogP contribution in [0, 0.1) is 0 Å². The molecule has 1 heterocycles. The Morgan fingerprint density at radius 1 is 0.452 bits per heavy atom. The van der Waals surface area contributed by atoms with Crippen LogP contribution >= 0.6 is 0 Å². The van der Waals surface area contributed by atoms with Crippen LogP contribution in [0.25, 0.3) is 0 Å². The van der Waals surface area contributed by atoms with E-state index in [4.69, 9.17) is 23.7 Å². The fraction of sp³-hybridized carbons (Fsp3) is 0.869. The quantitative estimate of drug-likeness (QED) is 0.0228. The normalized spacial score (nSPS) is 18.4. The number of rotatable bonds is 52. The van der Waals surface area contributed by atoms with Crippen molar-refractivity contribution in [3.63, 3.8) is 0 Å². The fourth-order valence-corrected chi connectivity index (χ4v) is 9.34. The average molecular weight is 1040 g/mol. The molecule has 0 aliphatic carbocycles. The zero-order chi connectivity index (χ0) is 53.3. The fourth-order valence-electron chi connectivity index (χ4n) is 9.34. The number of aliphatic carboxylic acids is 1. The zero-order valence-corrected chi connectivity index (χ0v) is 46.9. The van der Waals surface area contributed by atoms with Crippen molar-refractivity contribution in [3.8, 4) is 0 Å². The predicted octanol–water partition coefficient (Wildman–Crippen LogP) is 15.5. The number of ether oxygens (including phenoxy) is 5. The molecular formula is C61H110O12. The molecule has 0 aromatic carbocycles. The molecule has 0 amide bonds. The molecule has 0 radical (unpaired) electrons. The number of allylic oxidation sites excluding steroid dienone is 4. The maximum atomic E-state index is 13.1. The lowest BCUT2D eigenvalue weighted by Crippen LogP contribution is -2.61. The summed E-state index contributed by atoms with van der Waals surface area (Å²) in [6, 6.07) is 0. The molecule has 1 rings (SSSR count). The molecular weight excluding hydrogens is 925 g/mol. The van der Waals surface area contributed by atoms with E-state index in [1.807, 2.05) is 0 Å². The maximum absolute atomic E-state index is 13.1. The van der Waals surface area contributed by atoms with Gasteiger partial charge < -0.3 is 39.0 Å². The minimum Gasteiger partial charge on any atom is -0.479 e. The first-order chi connectivity index (χ1) is 35.6. The molecule has 6 atom stereocenters. The van der Waals surface area contributed by atoms with Crippen molar-refractivity contribution in [1.82, 2.24) is 0 Å². The lowest BCUT2D eigenvalue weighted by atomic mass is 9.98. The molecule has 0 spiro atoms. The van der Waals surface area contributed by atoms with Gasteiger partial charge in [0.25, 0.3) is 0 Å². The van der Waals surface area contributed by atoms with E-state index in [9.17, 15) is 34.5 Å². The van der Waals surface area contributed by atoms with Crippen LogP contribution in [-0.2, 0) is 42.9 Å². The second-order valence-corrected chi connectivity index (χ2v) is 21.0. The Kier molecular flexibility index (Phi) is 46.8. The minimum absolute atomic E-state index is 0.0662. The molecule has 1 saturated heterocycles. The highest BCUT2D eigenvalue weighted by Gasteiger charge is 2.50. The van der Waals surface area contributed by atoms with Crippen LogP contribution in [0.3, 0.4) is 0 Å². The highest BCUT2D eigenvalue weighted by molar-refractivity contribution is 5.74. The number of unbranched alkanes of at least 4 members (excludes halogenated alkanes) is 34. The van der Waals surface area contributed by atoms with Gasteiger partial charge in [-0.3, -0.25) is 14.4 Å². The van der Waals surface area contributed by atoms with Crippen molar-refractivity contribution >= 4 is 23.9 Å². The van der Waals surface area contributed by atoms with Crippen LogP contribution in [0.5, 0.6) is 0 Å². The third-order valence-corrected chi connectivity index (χ3v) is 14.0. The van der Waals surface area contributed by atoms with E-state index >= 15 is 0 Å². The van der Waals surface area contributed by atoms with Crippen molar-refractivity contribution in [2.24, 2.45) is 0 Å². The Balaban J connectivity index is 2.68. The van der Waals surface area contributed by atoms with Gasteiger partial charge in [0.2, 0.25) is 0 Å². The van der Waals surface area contributed by atoms with Crippen LogP contribution < -0.4 is 0 Å². The topological polar surface area (TPSA) is 175 Å². The summed E-state index contributed by atoms with van der Waals surface area (Å²) in [5.74, 6) is -3.10. The van der Waals surface area contributed by atoms with E-state index in [0.29, 0.717) is 19.3 Å². The first kappa shape index (κ1) is 68.2. The van der Waals surface area contributed by atoms with Gasteiger partial charge >= 0.3 is 23.9 Å². The Bertz CT molecular complexity index is 1370. The Hall–Kier alpha value is -2.80. The van der Waals surface area contributed by atoms with Gasteiger partial charge in [-0.25, -0.2) is 4.79 Å². The summed E-state index contributed by atoms with van der Waals surface area (Å²) in [5, 5.41) is 31.5. The largest absolute Gasteiger partial charge is 0.479 e. The van der Waals surface area contributed by atoms with E-state index in [0.717, 1.165) is 83.5 Å². The van der Waals surface area contributed by atoms with E-state index in [2.05, 4.69) is 45.1 Å². The number of aliphatic hydroxyl groups is 2. The van der Waals surface area contributed by atoms with Gasteiger partial charge in [0.05, 0.1) is 6.61 Å². The number of carbonyl (C=O) groups is 4. The summed E-state index contributed by atoms with van der Waals surface area (Å²) >= 11 is 0. The monoisotopic (exact) mass is 1030 g/mol. The van der Waals surface area contributed by atoms with Gasteiger partial charge in [-0.15, -0.1) is 0 Å². The Morgan fingerprint density at radius 3 is 1.26 bits per heavy atom. The van der Waals surface area contributed by atoms with Gasteiger partial charge in [-0.1, -0.05) is 244 Å². The number of carboxylic acid groups (broad SMARTS) is 1. The van der Waals surface area contributed by atoms with Crippen molar-refractivity contribution < 1.29 is 58.2 Å². The van der Waals surface area contributed by atoms with Crippen molar-refractivity contribution in [3.05, 3.63) is 24.3 Å². The first-order valence-electron chi connectivity index (χ1n) is 30.3. The number of hydrogen-bond acceptors (Lipinski definition) is 11. The lowest BCUT2D eigenvalue weighted by molar-refractivity contribution is -0.301. The van der Waals surface area contributed by atoms with Crippen LogP contribution in [0.15, 0.2) is 24.3 Å². The van der Waals surface area contributed by atoms with E-state index in [1.165, 1.54) is 148 Å². The molecule has 1 aliphatic heterocycles. The van der Waals surface area contributed by atoms with Crippen LogP contribution in [0.4, 0.5) is 0 Å². The van der Waals surface area contributed by atoms with Crippen LogP contribution in [-0.4, -0.2) is 89.2 Å². The number of carboxylic acids is 1. The lowest BCUT2D eigenvalue weighted by Gasteiger charge is -2.40. The number of esters is 3. The van der Waals surface area contributed by atoms with E-state index in [-0.39, 0.29) is 25.9 Å². The first-order valence-corrected chi connectivity index (χ1v) is 30.3. The SMILES string of the molecule is CCCCC/C=C\C/C=C\CCCCCCCC(=O)OCC(COC1OC(C(=O)O)C(O)C(O)C1OC(=O)CCCCCCCCCCCCCCCCC)OC(=O)CCCCCCCCCCCCCCC. The molecule has 0 saturated carbocycles. The third-order valence-electron chi connectivity index (χ3n) is 14.0. The summed E-state index contributed by atoms with van der Waals surface area (Å²) < 4.78 is 28.4. The molecule has 12 heteroatoms. The molecule has 426 valence electrons. The molecule has 0 bridgehead atoms. The van der Waals surface area contributed by atoms with Gasteiger partial charge in [0.1, 0.15) is 18.8 Å². The molecule has 3 N–H and O–H groups in total. The predicted molar refractivity (Wildman–Crippen MR) is 294 cm³/mol. The van der Waals surface area contributed by atoms with E-state index in [1.54, 1.807) is 0 Å². The molecule has 0 aromatic rings. The second kappa shape index (κ2) is 50.0. The summed E-state index contributed by atoms with van der Waals surface area (Å²) in [6.45, 7) is 5.98. The van der Waals surface area contributed by atoms with Crippen LogP contribution in [0.1, 0.15) is 290 Å². The molecule has 73 heavy (non-hydrogen) atoms. The molecule has 6 unspecified atom stereocenters. The highest BCUT2D eigenvalue weighted by atomic mass is 16.7. The second-order valence-electron chi connectivity index (χ2n) is 21.0. The number of hydrogen-bond donors (Lipinski definition) is 3. The number of carbonyl (C=O) groups excluding carboxylic acids is 3. The van der Waals surface area contributed by atoms with Gasteiger partial charge in [-0.05, 0) is 51.4 Å². The van der Waals surface area contributed by atoms with Crippen molar-refractivity contribution in [1.29, 1.82) is 0 Å². The minimum atomic E-state index is -1.90. The molecule has 1 aliphatic rings. The summed E-state index contributed by atoms with van der Waals surface area (Å²) in [5.41, 5.74) is 0. The van der Waals surface area contributed by atoms with Crippen molar-refractivity contribution in [2.45, 2.75) is 327 Å². The number of aliphatic hydroxyl groups excluding tert-OH is 2. The Labute approximate surface area is 445 Å². The average Bonchev–Trinajstić information content (AvgIpc) is 3.37. The standard InChI is InChI=1S/C61H110O12/c1-4-7-10-13-16-19-22-25-27-30-32-35-38-41-44-47-53(62)69-50-52(71-54(63)48-45-42-39-36-33-29-24-21-18-15-12-9-6-3)51-70-61-59(57(66)56(65)58(73-61)60(67)68)72-55(64)49-46-43-40-37-34-31-28-26-23-20-17-14-11-8-5-2/h16,19,25,27,52,56-59,61,65-66H,4-15,17-18,20-24,26,28-51H2,1-3H3,(H,67,68)/b19-16-,27-25-. The van der Waals surface area contributed by atoms with Crippen LogP contribution in [0.2, 0.25) is 0 Å². The molecule has 12 nitrogen and oxygen atoms in total. The molecule has 1 fully saturated rings. The summed E-state index contributed by atoms with van der Waals surface area (Å²) in [7, 11) is 0. The van der Waals surface area contributed by atoms with Gasteiger partial charge in [0.15, 0.2) is 24.6 Å². The summed E-state index contributed by atoms with van der Waals surface area (Å²) in [6.07, 6.45) is 44.3. The summed E-state index contributed by atoms with van der Waals surface area (Å²) in [4.78, 5) is 51.1. The van der Waals surface area contributed by atoms with Crippen molar-refractivity contribution in [2.75, 3.05) is 13.2 Å². The Morgan fingerprint density at radius 2 is 0.822 bits per heavy atom.